The van der Waals surface area contributed by atoms with E-state index < -0.39 is 0 Å². The Bertz CT molecular complexity index is 1940. The molecule has 1 aliphatic rings. The lowest BCUT2D eigenvalue weighted by Crippen LogP contribution is -2.44. The van der Waals surface area contributed by atoms with Gasteiger partial charge in [0.25, 0.3) is 5.91 Å². The lowest BCUT2D eigenvalue weighted by atomic mass is 10.0. The van der Waals surface area contributed by atoms with Crippen LogP contribution in [-0.4, -0.2) is 57.9 Å². The summed E-state index contributed by atoms with van der Waals surface area (Å²) in [4.78, 5) is 40.1. The number of hydrogen-bond donors (Lipinski definition) is 0. The number of nitrogens with zero attached hydrogens (tertiary/aromatic N) is 4. The zero-order valence-corrected chi connectivity index (χ0v) is 26.6. The molecule has 8 nitrogen and oxygen atoms in total. The Hall–Kier alpha value is -5.68. The van der Waals surface area contributed by atoms with Crippen LogP contribution in [0.15, 0.2) is 103 Å². The second-order valence-electron chi connectivity index (χ2n) is 11.5. The maximum atomic E-state index is 14.2. The van der Waals surface area contributed by atoms with E-state index in [0.717, 1.165) is 35.3 Å². The summed E-state index contributed by atoms with van der Waals surface area (Å²) in [6.45, 7) is 3.32. The highest BCUT2D eigenvalue weighted by atomic mass is 16.6. The number of likely N-dealkylation sites (N-methyl/N-ethyl adjacent to an activating group) is 1. The summed E-state index contributed by atoms with van der Waals surface area (Å²) in [5.41, 5.74) is 5.51. The van der Waals surface area contributed by atoms with Crippen molar-refractivity contribution in [2.45, 2.75) is 39.0 Å². The van der Waals surface area contributed by atoms with Gasteiger partial charge in [0.15, 0.2) is 0 Å². The van der Waals surface area contributed by atoms with Gasteiger partial charge < -0.3 is 19.3 Å². The third-order valence-corrected chi connectivity index (χ3v) is 8.21. The molecule has 0 aliphatic carbocycles. The van der Waals surface area contributed by atoms with E-state index in [1.165, 1.54) is 0 Å². The van der Waals surface area contributed by atoms with Gasteiger partial charge in [0.05, 0.1) is 28.4 Å². The van der Waals surface area contributed by atoms with Crippen LogP contribution in [0, 0.1) is 11.8 Å². The number of ether oxygens (including phenoxy) is 2. The van der Waals surface area contributed by atoms with Crippen LogP contribution in [0.4, 0.5) is 4.79 Å². The van der Waals surface area contributed by atoms with Gasteiger partial charge in [-0.25, -0.2) is 9.78 Å². The third kappa shape index (κ3) is 7.42. The van der Waals surface area contributed by atoms with Crippen LogP contribution < -0.4 is 4.74 Å². The van der Waals surface area contributed by atoms with Crippen molar-refractivity contribution in [1.82, 2.24) is 19.8 Å². The molecule has 8 heteroatoms. The Balaban J connectivity index is 1.23. The van der Waals surface area contributed by atoms with E-state index in [0.29, 0.717) is 47.6 Å². The van der Waals surface area contributed by atoms with E-state index >= 15 is 0 Å². The third-order valence-electron chi connectivity index (χ3n) is 8.21. The Morgan fingerprint density at radius 2 is 1.68 bits per heavy atom. The highest BCUT2D eigenvalue weighted by Gasteiger charge is 2.32. The first-order chi connectivity index (χ1) is 23.0. The summed E-state index contributed by atoms with van der Waals surface area (Å²) in [5.74, 6) is 6.45. The summed E-state index contributed by atoms with van der Waals surface area (Å²) < 4.78 is 11.7. The molecule has 0 unspecified atom stereocenters. The quantitative estimate of drug-likeness (QED) is 0.162. The minimum absolute atomic E-state index is 0.164. The molecule has 6 rings (SSSR count). The maximum absolute atomic E-state index is 14.2. The predicted octanol–water partition coefficient (Wildman–Crippen LogP) is 7.12. The highest BCUT2D eigenvalue weighted by molar-refractivity contribution is 6.07. The molecule has 1 aliphatic heterocycles. The zero-order chi connectivity index (χ0) is 32.6. The topological polar surface area (TPSA) is 84.9 Å². The van der Waals surface area contributed by atoms with Crippen molar-refractivity contribution in [2.24, 2.45) is 0 Å². The summed E-state index contributed by atoms with van der Waals surface area (Å²) >= 11 is 0. The molecule has 1 fully saturated rings. The number of carbonyl (C=O) groups is 2. The number of benzene rings is 3. The van der Waals surface area contributed by atoms with Gasteiger partial charge in [-0.05, 0) is 55.2 Å². The van der Waals surface area contributed by atoms with Crippen LogP contribution in [0.25, 0.3) is 22.3 Å². The van der Waals surface area contributed by atoms with Gasteiger partial charge in [-0.1, -0.05) is 78.7 Å². The molecule has 0 N–H and O–H groups in total. The van der Waals surface area contributed by atoms with Gasteiger partial charge >= 0.3 is 6.09 Å². The Labute approximate surface area is 275 Å². The van der Waals surface area contributed by atoms with Crippen molar-refractivity contribution in [3.63, 3.8) is 0 Å². The number of rotatable bonds is 9. The molecule has 3 heterocycles. The van der Waals surface area contributed by atoms with E-state index in [1.807, 2.05) is 97.1 Å². The molecule has 1 atom stereocenters. The highest BCUT2D eigenvalue weighted by Crippen LogP contribution is 2.28. The molecule has 2 amide bonds. The van der Waals surface area contributed by atoms with Crippen LogP contribution in [0.3, 0.4) is 0 Å². The van der Waals surface area contributed by atoms with E-state index in [2.05, 4.69) is 16.8 Å². The molecule has 0 bridgehead atoms. The number of aromatic nitrogens is 2. The molecular formula is C39H36N4O4. The average Bonchev–Trinajstić information content (AvgIpc) is 3.58. The molecule has 3 aromatic carbocycles. The average molecular weight is 625 g/mol. The molecule has 0 radical (unpaired) electrons. The second kappa shape index (κ2) is 14.6. The number of fused-ring (bicyclic) bond motifs is 1. The molecule has 1 saturated heterocycles. The van der Waals surface area contributed by atoms with Crippen molar-refractivity contribution in [3.8, 4) is 28.8 Å². The van der Waals surface area contributed by atoms with Crippen molar-refractivity contribution in [1.29, 1.82) is 0 Å². The maximum Gasteiger partial charge on any atom is 0.410 e. The first-order valence-electron chi connectivity index (χ1n) is 15.7. The van der Waals surface area contributed by atoms with E-state index in [1.54, 1.807) is 30.0 Å². The summed E-state index contributed by atoms with van der Waals surface area (Å²) in [5, 5.41) is 0. The number of pyridine rings is 2. The SMILES string of the molecule is CC#Cc1cnc2ccc(-c3cccc(OCc4ccccc4)c3)nc2c1C(=O)N(C)C[C@@H]1CCCN1C(=O)OCc1ccccc1. The fraction of sp³-hybridized carbons (Fsp3) is 0.231. The largest absolute Gasteiger partial charge is 0.489 e. The van der Waals surface area contributed by atoms with Crippen molar-refractivity contribution < 1.29 is 19.1 Å². The minimum Gasteiger partial charge on any atom is -0.489 e. The van der Waals surface area contributed by atoms with Gasteiger partial charge in [-0.2, -0.15) is 0 Å². The molecule has 5 aromatic rings. The fourth-order valence-corrected chi connectivity index (χ4v) is 5.82. The smallest absolute Gasteiger partial charge is 0.410 e. The zero-order valence-electron chi connectivity index (χ0n) is 26.6. The Morgan fingerprint density at radius 1 is 0.936 bits per heavy atom. The molecule has 0 spiro atoms. The summed E-state index contributed by atoms with van der Waals surface area (Å²) in [6.07, 6.45) is 2.88. The lowest BCUT2D eigenvalue weighted by molar-refractivity contribution is 0.0691. The second-order valence-corrected chi connectivity index (χ2v) is 11.5. The number of carbonyl (C=O) groups excluding carboxylic acids is 2. The predicted molar refractivity (Wildman–Crippen MR) is 182 cm³/mol. The Kier molecular flexibility index (Phi) is 9.73. The lowest BCUT2D eigenvalue weighted by Gasteiger charge is -2.28. The monoisotopic (exact) mass is 624 g/mol. The van der Waals surface area contributed by atoms with Gasteiger partial charge in [-0.15, -0.1) is 5.92 Å². The number of amides is 2. The Morgan fingerprint density at radius 3 is 2.43 bits per heavy atom. The molecule has 0 saturated carbocycles. The van der Waals surface area contributed by atoms with Crippen molar-refractivity contribution in [2.75, 3.05) is 20.1 Å². The van der Waals surface area contributed by atoms with E-state index in [-0.39, 0.29) is 24.6 Å². The van der Waals surface area contributed by atoms with E-state index in [9.17, 15) is 9.59 Å². The van der Waals surface area contributed by atoms with Gasteiger partial charge in [-0.3, -0.25) is 9.78 Å². The standard InChI is InChI=1S/C39H36N4O4/c1-3-12-31-24-40-35-21-20-34(30-17-10-19-33(23-30)46-26-28-13-6-4-7-14-28)41-37(35)36(31)38(44)42(2)25-32-18-11-22-43(32)39(45)47-27-29-15-8-5-9-16-29/h4-10,13-17,19-21,23-24,32H,11,18,22,25-27H2,1-2H3/t32-/m0/s1. The normalized spacial score (nSPS) is 13.9. The summed E-state index contributed by atoms with van der Waals surface area (Å²) in [6, 6.07) is 31.0. The van der Waals surface area contributed by atoms with Crippen LogP contribution in [0.1, 0.15) is 46.8 Å². The van der Waals surface area contributed by atoms with Gasteiger partial charge in [0.2, 0.25) is 0 Å². The van der Waals surface area contributed by atoms with Crippen molar-refractivity contribution in [3.05, 3.63) is 126 Å². The number of hydrogen-bond acceptors (Lipinski definition) is 6. The van der Waals surface area contributed by atoms with Gasteiger partial charge in [0, 0.05) is 31.9 Å². The number of likely N-dealkylation sites (tertiary alicyclic amines) is 1. The fourth-order valence-electron chi connectivity index (χ4n) is 5.82. The van der Waals surface area contributed by atoms with Gasteiger partial charge in [0.1, 0.15) is 24.5 Å². The summed E-state index contributed by atoms with van der Waals surface area (Å²) in [7, 11) is 1.75. The first-order valence-corrected chi connectivity index (χ1v) is 15.7. The van der Waals surface area contributed by atoms with Crippen LogP contribution in [-0.2, 0) is 18.0 Å². The minimum atomic E-state index is -0.370. The molecule has 2 aromatic heterocycles. The van der Waals surface area contributed by atoms with E-state index in [4.69, 9.17) is 14.5 Å². The molecule has 47 heavy (non-hydrogen) atoms. The van der Waals surface area contributed by atoms with Crippen molar-refractivity contribution >= 4 is 23.0 Å². The molecular weight excluding hydrogens is 588 g/mol. The van der Waals surface area contributed by atoms with Crippen LogP contribution in [0.2, 0.25) is 0 Å². The van der Waals surface area contributed by atoms with Crippen LogP contribution >= 0.6 is 0 Å². The molecule has 236 valence electrons. The first kappa shape index (κ1) is 31.3. The van der Waals surface area contributed by atoms with Crippen LogP contribution in [0.5, 0.6) is 5.75 Å².